The Bertz CT molecular complexity index is 1140. The van der Waals surface area contributed by atoms with Crippen molar-refractivity contribution in [1.82, 2.24) is 0 Å². The number of hydrogen-bond acceptors (Lipinski definition) is 2. The van der Waals surface area contributed by atoms with Crippen LogP contribution in [0.2, 0.25) is 0 Å². The Labute approximate surface area is 170 Å². The van der Waals surface area contributed by atoms with Crippen LogP contribution >= 0.6 is 0 Å². The SMILES string of the molecule is COC(=O)C1(c2ccc3ccccc3c2)CC1(c1ccccc1)c1ccccc1. The zero-order valence-electron chi connectivity index (χ0n) is 16.3. The molecule has 0 spiro atoms. The van der Waals surface area contributed by atoms with E-state index in [-0.39, 0.29) is 5.97 Å². The smallest absolute Gasteiger partial charge is 0.317 e. The van der Waals surface area contributed by atoms with Gasteiger partial charge in [0.05, 0.1) is 7.11 Å². The van der Waals surface area contributed by atoms with Gasteiger partial charge in [-0.2, -0.15) is 0 Å². The second kappa shape index (κ2) is 6.59. The molecule has 2 nitrogen and oxygen atoms in total. The maximum absolute atomic E-state index is 13.4. The van der Waals surface area contributed by atoms with E-state index in [4.69, 9.17) is 4.74 Å². The molecule has 5 rings (SSSR count). The van der Waals surface area contributed by atoms with Crippen molar-refractivity contribution in [2.75, 3.05) is 7.11 Å². The van der Waals surface area contributed by atoms with Crippen LogP contribution in [0.25, 0.3) is 10.8 Å². The molecule has 0 N–H and O–H groups in total. The quantitative estimate of drug-likeness (QED) is 0.430. The third-order valence-corrected chi connectivity index (χ3v) is 6.44. The molecule has 0 heterocycles. The Hall–Kier alpha value is -3.39. The molecule has 1 aliphatic rings. The topological polar surface area (TPSA) is 26.3 Å². The number of carbonyl (C=O) groups is 1. The summed E-state index contributed by atoms with van der Waals surface area (Å²) in [5, 5.41) is 2.30. The number of carbonyl (C=O) groups excluding carboxylic acids is 1. The van der Waals surface area contributed by atoms with Crippen molar-refractivity contribution < 1.29 is 9.53 Å². The summed E-state index contributed by atoms with van der Waals surface area (Å²) in [6.45, 7) is 0. The molecule has 0 amide bonds. The lowest BCUT2D eigenvalue weighted by molar-refractivity contribution is -0.144. The molecule has 1 atom stereocenters. The first-order valence-corrected chi connectivity index (χ1v) is 9.91. The molecule has 1 saturated carbocycles. The van der Waals surface area contributed by atoms with Crippen LogP contribution in [0.15, 0.2) is 103 Å². The zero-order valence-corrected chi connectivity index (χ0v) is 16.3. The van der Waals surface area contributed by atoms with Crippen LogP contribution < -0.4 is 0 Å². The molecule has 4 aromatic rings. The monoisotopic (exact) mass is 378 g/mol. The van der Waals surface area contributed by atoms with Crippen molar-refractivity contribution in [2.45, 2.75) is 17.3 Å². The number of methoxy groups -OCH3 is 1. The summed E-state index contributed by atoms with van der Waals surface area (Å²) in [4.78, 5) is 13.4. The predicted octanol–water partition coefficient (Wildman–Crippen LogP) is 5.64. The summed E-state index contributed by atoms with van der Waals surface area (Å²) in [7, 11) is 1.49. The minimum atomic E-state index is -0.742. The van der Waals surface area contributed by atoms with Gasteiger partial charge in [-0.05, 0) is 39.9 Å². The summed E-state index contributed by atoms with van der Waals surface area (Å²) < 4.78 is 5.40. The Kier molecular flexibility index (Phi) is 4.02. The van der Waals surface area contributed by atoms with Gasteiger partial charge in [0.25, 0.3) is 0 Å². The van der Waals surface area contributed by atoms with Crippen LogP contribution in [0, 0.1) is 0 Å². The third-order valence-electron chi connectivity index (χ3n) is 6.44. The fraction of sp³-hybridized carbons (Fsp3) is 0.148. The zero-order chi connectivity index (χ0) is 19.9. The van der Waals surface area contributed by atoms with Gasteiger partial charge in [-0.15, -0.1) is 0 Å². The van der Waals surface area contributed by atoms with E-state index < -0.39 is 10.8 Å². The van der Waals surface area contributed by atoms with Crippen molar-refractivity contribution >= 4 is 16.7 Å². The van der Waals surface area contributed by atoms with E-state index >= 15 is 0 Å². The normalized spacial score (nSPS) is 19.6. The fourth-order valence-electron chi connectivity index (χ4n) is 5.00. The van der Waals surface area contributed by atoms with Crippen molar-refractivity contribution in [3.63, 3.8) is 0 Å². The minimum absolute atomic E-state index is 0.180. The van der Waals surface area contributed by atoms with Gasteiger partial charge in [0.15, 0.2) is 0 Å². The van der Waals surface area contributed by atoms with Crippen molar-refractivity contribution in [3.8, 4) is 0 Å². The van der Waals surface area contributed by atoms with Gasteiger partial charge in [-0.3, -0.25) is 4.79 Å². The maximum atomic E-state index is 13.4. The Balaban J connectivity index is 1.78. The van der Waals surface area contributed by atoms with Crippen LogP contribution in [0.3, 0.4) is 0 Å². The van der Waals surface area contributed by atoms with Crippen LogP contribution in [-0.2, 0) is 20.4 Å². The average molecular weight is 378 g/mol. The molecule has 1 fully saturated rings. The Morgan fingerprint density at radius 2 is 1.24 bits per heavy atom. The number of rotatable bonds is 4. The first-order valence-electron chi connectivity index (χ1n) is 9.91. The largest absolute Gasteiger partial charge is 0.468 e. The second-order valence-electron chi connectivity index (χ2n) is 7.77. The lowest BCUT2D eigenvalue weighted by Crippen LogP contribution is -2.32. The van der Waals surface area contributed by atoms with Gasteiger partial charge >= 0.3 is 5.97 Å². The Morgan fingerprint density at radius 3 is 1.83 bits per heavy atom. The van der Waals surface area contributed by atoms with Crippen LogP contribution in [0.5, 0.6) is 0 Å². The first-order chi connectivity index (χ1) is 14.2. The van der Waals surface area contributed by atoms with E-state index in [9.17, 15) is 4.79 Å². The molecule has 29 heavy (non-hydrogen) atoms. The molecule has 1 aliphatic carbocycles. The van der Waals surface area contributed by atoms with Gasteiger partial charge in [-0.25, -0.2) is 0 Å². The van der Waals surface area contributed by atoms with Crippen molar-refractivity contribution in [3.05, 3.63) is 120 Å². The van der Waals surface area contributed by atoms with Crippen LogP contribution in [0.4, 0.5) is 0 Å². The maximum Gasteiger partial charge on any atom is 0.317 e. The molecule has 1 unspecified atom stereocenters. The molecule has 4 aromatic carbocycles. The molecule has 2 heteroatoms. The standard InChI is InChI=1S/C27H22O2/c1-29-25(28)27(24-17-16-20-10-8-9-11-21(20)18-24)19-26(27,22-12-4-2-5-13-22)23-14-6-3-7-15-23/h2-18H,19H2,1H3. The highest BCUT2D eigenvalue weighted by Crippen LogP contribution is 2.69. The fourth-order valence-corrected chi connectivity index (χ4v) is 5.00. The molecule has 142 valence electrons. The van der Waals surface area contributed by atoms with Crippen LogP contribution in [0.1, 0.15) is 23.1 Å². The highest BCUT2D eigenvalue weighted by molar-refractivity contribution is 5.95. The number of fused-ring (bicyclic) bond motifs is 1. The van der Waals surface area contributed by atoms with Gasteiger partial charge in [0, 0.05) is 5.41 Å². The second-order valence-corrected chi connectivity index (χ2v) is 7.77. The van der Waals surface area contributed by atoms with Gasteiger partial charge < -0.3 is 4.74 Å². The molecule has 0 radical (unpaired) electrons. The molecular weight excluding hydrogens is 356 g/mol. The molecule has 0 aromatic heterocycles. The molecule has 0 bridgehead atoms. The summed E-state index contributed by atoms with van der Waals surface area (Å²) in [6, 6.07) is 35.3. The Morgan fingerprint density at radius 1 is 0.690 bits per heavy atom. The summed E-state index contributed by atoms with van der Waals surface area (Å²) in [5.41, 5.74) is 2.12. The van der Waals surface area contributed by atoms with Crippen molar-refractivity contribution in [2.24, 2.45) is 0 Å². The van der Waals surface area contributed by atoms with Crippen molar-refractivity contribution in [1.29, 1.82) is 0 Å². The van der Waals surface area contributed by atoms with E-state index in [1.807, 2.05) is 48.5 Å². The lowest BCUT2D eigenvalue weighted by Gasteiger charge is -2.26. The van der Waals surface area contributed by atoms with E-state index in [0.29, 0.717) is 6.42 Å². The predicted molar refractivity (Wildman–Crippen MR) is 116 cm³/mol. The average Bonchev–Trinajstić information content (AvgIpc) is 3.52. The van der Waals surface area contributed by atoms with Gasteiger partial charge in [-0.1, -0.05) is 97.1 Å². The number of benzene rings is 4. The van der Waals surface area contributed by atoms with Gasteiger partial charge in [0.1, 0.15) is 5.41 Å². The first kappa shape index (κ1) is 17.7. The van der Waals surface area contributed by atoms with Gasteiger partial charge in [0.2, 0.25) is 0 Å². The minimum Gasteiger partial charge on any atom is -0.468 e. The molecular formula is C27H22O2. The number of hydrogen-bond donors (Lipinski definition) is 0. The lowest BCUT2D eigenvalue weighted by atomic mass is 9.76. The summed E-state index contributed by atoms with van der Waals surface area (Å²) in [5.74, 6) is -0.180. The molecule has 0 saturated heterocycles. The highest BCUT2D eigenvalue weighted by atomic mass is 16.5. The number of ether oxygens (including phenoxy) is 1. The van der Waals surface area contributed by atoms with E-state index in [1.54, 1.807) is 0 Å². The van der Waals surface area contributed by atoms with E-state index in [1.165, 1.54) is 12.5 Å². The van der Waals surface area contributed by atoms with Crippen LogP contribution in [-0.4, -0.2) is 13.1 Å². The summed E-state index contributed by atoms with van der Waals surface area (Å²) in [6.07, 6.45) is 0.693. The molecule has 0 aliphatic heterocycles. The summed E-state index contributed by atoms with van der Waals surface area (Å²) >= 11 is 0. The highest BCUT2D eigenvalue weighted by Gasteiger charge is 2.74. The number of esters is 1. The van der Waals surface area contributed by atoms with E-state index in [0.717, 1.165) is 22.1 Å². The third kappa shape index (κ3) is 2.45. The van der Waals surface area contributed by atoms with E-state index in [2.05, 4.69) is 54.6 Å².